The van der Waals surface area contributed by atoms with Gasteiger partial charge in [-0.2, -0.15) is 0 Å². The molecule has 0 radical (unpaired) electrons. The molecular weight excluding hydrogens is 481 g/mol. The van der Waals surface area contributed by atoms with Crippen LogP contribution in [0.4, 0.5) is 18.9 Å². The summed E-state index contributed by atoms with van der Waals surface area (Å²) < 4.78 is 43.9. The molecule has 3 heterocycles. The predicted octanol–water partition coefficient (Wildman–Crippen LogP) is 4.96. The molecule has 9 heteroatoms. The van der Waals surface area contributed by atoms with E-state index in [9.17, 15) is 14.3 Å². The van der Waals surface area contributed by atoms with Crippen LogP contribution in [-0.2, 0) is 11.2 Å². The van der Waals surface area contributed by atoms with Crippen LogP contribution in [0.25, 0.3) is 10.9 Å². The number of carboxylic acid groups (broad SMARTS) is 1. The van der Waals surface area contributed by atoms with Gasteiger partial charge in [0.15, 0.2) is 0 Å². The SMILES string of the molecule is C[C@H](CN1[C@H](c2c(F)cc(NC3CN(CCCF)C3)cc2F)c2[nH]c3ccccc3c2C[C@H]1C)C(=O)O. The fraction of sp³-hybridized carbons (Fsp3) is 0.464. The average molecular weight is 515 g/mol. The third kappa shape index (κ3) is 4.94. The van der Waals surface area contributed by atoms with E-state index in [0.717, 1.165) is 16.5 Å². The highest BCUT2D eigenvalue weighted by molar-refractivity contribution is 5.85. The number of fused-ring (bicyclic) bond motifs is 3. The number of aromatic amines is 1. The van der Waals surface area contributed by atoms with E-state index in [2.05, 4.69) is 15.2 Å². The molecule has 37 heavy (non-hydrogen) atoms. The second-order valence-electron chi connectivity index (χ2n) is 10.5. The molecule has 0 spiro atoms. The van der Waals surface area contributed by atoms with Crippen molar-refractivity contribution in [3.05, 3.63) is 64.9 Å². The molecule has 2 aliphatic rings. The van der Waals surface area contributed by atoms with Gasteiger partial charge in [-0.3, -0.25) is 19.0 Å². The Morgan fingerprint density at radius 1 is 1.22 bits per heavy atom. The summed E-state index contributed by atoms with van der Waals surface area (Å²) in [7, 11) is 0. The van der Waals surface area contributed by atoms with Crippen LogP contribution in [0.2, 0.25) is 0 Å². The van der Waals surface area contributed by atoms with E-state index in [0.29, 0.717) is 43.9 Å². The van der Waals surface area contributed by atoms with Crippen molar-refractivity contribution in [2.24, 2.45) is 5.92 Å². The number of para-hydroxylation sites is 1. The zero-order chi connectivity index (χ0) is 26.3. The first-order valence-corrected chi connectivity index (χ1v) is 12.9. The van der Waals surface area contributed by atoms with Crippen LogP contribution in [0.1, 0.15) is 43.1 Å². The summed E-state index contributed by atoms with van der Waals surface area (Å²) in [5.41, 5.74) is 2.88. The van der Waals surface area contributed by atoms with Gasteiger partial charge in [0.05, 0.1) is 24.7 Å². The van der Waals surface area contributed by atoms with Crippen molar-refractivity contribution in [1.82, 2.24) is 14.8 Å². The van der Waals surface area contributed by atoms with Gasteiger partial charge in [-0.15, -0.1) is 0 Å². The lowest BCUT2D eigenvalue weighted by molar-refractivity contribution is -0.142. The first-order chi connectivity index (χ1) is 17.8. The van der Waals surface area contributed by atoms with Crippen LogP contribution in [0.15, 0.2) is 36.4 Å². The highest BCUT2D eigenvalue weighted by atomic mass is 19.1. The van der Waals surface area contributed by atoms with Crippen molar-refractivity contribution in [3.63, 3.8) is 0 Å². The Labute approximate surface area is 214 Å². The Morgan fingerprint density at radius 3 is 2.59 bits per heavy atom. The average Bonchev–Trinajstić information content (AvgIpc) is 3.19. The first kappa shape index (κ1) is 25.6. The molecule has 0 unspecified atom stereocenters. The molecule has 1 fully saturated rings. The molecule has 2 aliphatic heterocycles. The minimum absolute atomic E-state index is 0.0483. The summed E-state index contributed by atoms with van der Waals surface area (Å²) in [6.45, 7) is 5.46. The number of nitrogens with zero attached hydrogens (tertiary/aromatic N) is 2. The van der Waals surface area contributed by atoms with Crippen LogP contribution < -0.4 is 5.32 Å². The lowest BCUT2D eigenvalue weighted by atomic mass is 9.87. The smallest absolute Gasteiger partial charge is 0.307 e. The van der Waals surface area contributed by atoms with Gasteiger partial charge in [0, 0.05) is 60.1 Å². The van der Waals surface area contributed by atoms with Crippen molar-refractivity contribution in [2.45, 2.75) is 44.8 Å². The molecule has 198 valence electrons. The molecule has 5 rings (SSSR count). The summed E-state index contributed by atoms with van der Waals surface area (Å²) in [4.78, 5) is 19.1. The van der Waals surface area contributed by atoms with Gasteiger partial charge < -0.3 is 15.4 Å². The van der Waals surface area contributed by atoms with Crippen molar-refractivity contribution >= 4 is 22.6 Å². The zero-order valence-corrected chi connectivity index (χ0v) is 21.1. The quantitative estimate of drug-likeness (QED) is 0.377. The van der Waals surface area contributed by atoms with Crippen LogP contribution in [0, 0.1) is 17.6 Å². The lowest BCUT2D eigenvalue weighted by Crippen LogP contribution is -2.54. The molecule has 2 aromatic carbocycles. The summed E-state index contributed by atoms with van der Waals surface area (Å²) in [5, 5.41) is 13.8. The highest BCUT2D eigenvalue weighted by Gasteiger charge is 2.40. The maximum Gasteiger partial charge on any atom is 0.307 e. The lowest BCUT2D eigenvalue weighted by Gasteiger charge is -2.42. The monoisotopic (exact) mass is 514 g/mol. The van der Waals surface area contributed by atoms with Crippen molar-refractivity contribution in [1.29, 1.82) is 0 Å². The van der Waals surface area contributed by atoms with Gasteiger partial charge in [0.1, 0.15) is 11.6 Å². The molecule has 6 nitrogen and oxygen atoms in total. The molecular formula is C28H33F3N4O2. The third-order valence-electron chi connectivity index (χ3n) is 7.71. The minimum Gasteiger partial charge on any atom is -0.481 e. The van der Waals surface area contributed by atoms with Gasteiger partial charge in [-0.05, 0) is 43.5 Å². The molecule has 1 saturated heterocycles. The van der Waals surface area contributed by atoms with E-state index in [1.807, 2.05) is 36.1 Å². The van der Waals surface area contributed by atoms with Crippen LogP contribution >= 0.6 is 0 Å². The van der Waals surface area contributed by atoms with Gasteiger partial charge in [0.25, 0.3) is 0 Å². The zero-order valence-electron chi connectivity index (χ0n) is 21.1. The Balaban J connectivity index is 1.49. The summed E-state index contributed by atoms with van der Waals surface area (Å²) in [6.07, 6.45) is 1.13. The number of carboxylic acids is 1. The predicted molar refractivity (Wildman–Crippen MR) is 138 cm³/mol. The van der Waals surface area contributed by atoms with Crippen molar-refractivity contribution < 1.29 is 23.1 Å². The first-order valence-electron chi connectivity index (χ1n) is 12.9. The van der Waals surface area contributed by atoms with Crippen LogP contribution in [0.3, 0.4) is 0 Å². The highest BCUT2D eigenvalue weighted by Crippen LogP contribution is 2.43. The van der Waals surface area contributed by atoms with Crippen LogP contribution in [-0.4, -0.2) is 70.8 Å². The number of halogens is 3. The van der Waals surface area contributed by atoms with E-state index in [1.165, 1.54) is 12.1 Å². The number of carbonyl (C=O) groups is 1. The largest absolute Gasteiger partial charge is 0.481 e. The Hall–Kier alpha value is -3.04. The van der Waals surface area contributed by atoms with Crippen molar-refractivity contribution in [2.75, 3.05) is 38.2 Å². The molecule has 0 saturated carbocycles. The number of hydrogen-bond donors (Lipinski definition) is 3. The summed E-state index contributed by atoms with van der Waals surface area (Å²) >= 11 is 0. The number of likely N-dealkylation sites (tertiary alicyclic amines) is 1. The van der Waals surface area contributed by atoms with E-state index in [4.69, 9.17) is 0 Å². The topological polar surface area (TPSA) is 71.6 Å². The Kier molecular flexibility index (Phi) is 7.18. The normalized spacial score (nSPS) is 21.5. The Morgan fingerprint density at radius 2 is 1.92 bits per heavy atom. The number of aromatic nitrogens is 1. The van der Waals surface area contributed by atoms with E-state index < -0.39 is 29.6 Å². The summed E-state index contributed by atoms with van der Waals surface area (Å²) in [6, 6.07) is 9.57. The number of alkyl halides is 1. The number of nitrogens with one attached hydrogen (secondary N) is 2. The van der Waals surface area contributed by atoms with Gasteiger partial charge in [-0.1, -0.05) is 25.1 Å². The second kappa shape index (κ2) is 10.4. The van der Waals surface area contributed by atoms with Crippen LogP contribution in [0.5, 0.6) is 0 Å². The van der Waals surface area contributed by atoms with E-state index in [1.54, 1.807) is 6.92 Å². The van der Waals surface area contributed by atoms with E-state index in [-0.39, 0.29) is 30.9 Å². The molecule has 3 atom stereocenters. The van der Waals surface area contributed by atoms with Gasteiger partial charge >= 0.3 is 5.97 Å². The fourth-order valence-electron chi connectivity index (χ4n) is 5.79. The molecule has 3 aromatic rings. The maximum absolute atomic E-state index is 15.8. The fourth-order valence-corrected chi connectivity index (χ4v) is 5.79. The number of aliphatic carboxylic acids is 1. The van der Waals surface area contributed by atoms with Gasteiger partial charge in [0.2, 0.25) is 0 Å². The number of H-pyrrole nitrogens is 1. The summed E-state index contributed by atoms with van der Waals surface area (Å²) in [5.74, 6) is -3.00. The third-order valence-corrected chi connectivity index (χ3v) is 7.71. The molecule has 0 aliphatic carbocycles. The number of rotatable bonds is 9. The van der Waals surface area contributed by atoms with Crippen molar-refractivity contribution in [3.8, 4) is 0 Å². The number of benzene rings is 2. The second-order valence-corrected chi connectivity index (χ2v) is 10.5. The molecule has 1 aromatic heterocycles. The molecule has 3 N–H and O–H groups in total. The maximum atomic E-state index is 15.8. The Bertz CT molecular complexity index is 1270. The number of anilines is 1. The molecule has 0 amide bonds. The minimum atomic E-state index is -0.949. The number of hydrogen-bond acceptors (Lipinski definition) is 4. The van der Waals surface area contributed by atoms with E-state index >= 15 is 8.78 Å². The standard InChI is InChI=1S/C28H33F3N4O2/c1-16(28(36)37)13-35-17(2)10-21-20-6-3-4-7-24(20)33-26(21)27(35)25-22(30)11-18(12-23(25)31)32-19-14-34(15-19)9-5-8-29/h3-4,6-7,11-12,16-17,19,27,32-33H,5,8-10,13-15H2,1-2H3,(H,36,37)/t16-,17-,27-/m1/s1. The van der Waals surface area contributed by atoms with Gasteiger partial charge in [-0.25, -0.2) is 8.78 Å². The molecule has 0 bridgehead atoms.